The summed E-state index contributed by atoms with van der Waals surface area (Å²) in [5.74, 6) is 0. The third kappa shape index (κ3) is 2.65. The highest BCUT2D eigenvalue weighted by Gasteiger charge is 1.96. The Morgan fingerprint density at radius 3 is 2.83 bits per heavy atom. The molecule has 0 N–H and O–H groups in total. The number of hydrogen-bond acceptors (Lipinski definition) is 2. The molecule has 0 aliphatic carbocycles. The van der Waals surface area contributed by atoms with Gasteiger partial charge in [0.25, 0.3) is 0 Å². The molecule has 0 atom stereocenters. The van der Waals surface area contributed by atoms with Crippen LogP contribution in [0.1, 0.15) is 5.56 Å². The van der Waals surface area contributed by atoms with E-state index in [2.05, 4.69) is 15.9 Å². The molecule has 0 aliphatic heterocycles. The molecule has 0 aliphatic rings. The van der Waals surface area contributed by atoms with Gasteiger partial charge in [0.15, 0.2) is 0 Å². The Labute approximate surface area is 79.9 Å². The van der Waals surface area contributed by atoms with Crippen LogP contribution in [0.4, 0.5) is 0 Å². The topological polar surface area (TPSA) is 33.0 Å². The van der Waals surface area contributed by atoms with E-state index in [1.165, 1.54) is 0 Å². The highest BCUT2D eigenvalue weighted by atomic mass is 79.9. The summed E-state index contributed by atoms with van der Waals surface area (Å²) in [7, 11) is 0. The van der Waals surface area contributed by atoms with Gasteiger partial charge in [-0.1, -0.05) is 34.1 Å². The van der Waals surface area contributed by atoms with Crippen molar-refractivity contribution in [3.63, 3.8) is 0 Å². The fourth-order valence-electron chi connectivity index (χ4n) is 0.822. The van der Waals surface area contributed by atoms with Crippen LogP contribution < -0.4 is 0 Å². The van der Waals surface area contributed by atoms with E-state index >= 15 is 0 Å². The summed E-state index contributed by atoms with van der Waals surface area (Å²) < 4.78 is 6.08. The largest absolute Gasteiger partial charge is 0.362 e. The zero-order valence-electron chi connectivity index (χ0n) is 6.46. The van der Waals surface area contributed by atoms with Gasteiger partial charge >= 0.3 is 0 Å². The number of hydrogen-bond donors (Lipinski definition) is 0. The van der Waals surface area contributed by atoms with Crippen LogP contribution in [-0.4, -0.2) is 6.61 Å². The van der Waals surface area contributed by atoms with Crippen molar-refractivity contribution >= 4 is 15.9 Å². The van der Waals surface area contributed by atoms with Crippen LogP contribution >= 0.6 is 15.9 Å². The second kappa shape index (κ2) is 4.91. The number of rotatable bonds is 3. The molecule has 1 rings (SSSR count). The molecule has 1 aromatic carbocycles. The van der Waals surface area contributed by atoms with Crippen molar-refractivity contribution < 1.29 is 4.74 Å². The van der Waals surface area contributed by atoms with E-state index in [1.54, 1.807) is 0 Å². The van der Waals surface area contributed by atoms with Gasteiger partial charge < -0.3 is 4.74 Å². The zero-order chi connectivity index (χ0) is 8.81. The molecule has 0 saturated carbocycles. The quantitative estimate of drug-likeness (QED) is 0.741. The van der Waals surface area contributed by atoms with Crippen molar-refractivity contribution in [3.8, 4) is 6.07 Å². The Bertz CT molecular complexity index is 293. The first-order valence-electron chi connectivity index (χ1n) is 3.52. The van der Waals surface area contributed by atoms with Crippen LogP contribution in [0.5, 0.6) is 0 Å². The SMILES string of the molecule is N#CCOCc1ccccc1Br. The van der Waals surface area contributed by atoms with Crippen molar-refractivity contribution in [2.75, 3.05) is 6.61 Å². The number of nitrogens with zero attached hydrogens (tertiary/aromatic N) is 1. The van der Waals surface area contributed by atoms with Crippen LogP contribution in [0, 0.1) is 11.3 Å². The minimum atomic E-state index is 0.140. The molecule has 62 valence electrons. The van der Waals surface area contributed by atoms with Gasteiger partial charge in [0, 0.05) is 4.47 Å². The van der Waals surface area contributed by atoms with Gasteiger partial charge in [-0.15, -0.1) is 0 Å². The Morgan fingerprint density at radius 2 is 2.17 bits per heavy atom. The van der Waals surface area contributed by atoms with Crippen molar-refractivity contribution in [1.82, 2.24) is 0 Å². The molecule has 2 nitrogen and oxygen atoms in total. The van der Waals surface area contributed by atoms with Gasteiger partial charge in [-0.3, -0.25) is 0 Å². The van der Waals surface area contributed by atoms with E-state index in [1.807, 2.05) is 30.3 Å². The fraction of sp³-hybridized carbons (Fsp3) is 0.222. The first-order valence-corrected chi connectivity index (χ1v) is 4.32. The van der Waals surface area contributed by atoms with E-state index in [-0.39, 0.29) is 6.61 Å². The van der Waals surface area contributed by atoms with Gasteiger partial charge in [0.05, 0.1) is 12.7 Å². The highest BCUT2D eigenvalue weighted by Crippen LogP contribution is 2.16. The van der Waals surface area contributed by atoms with Crippen LogP contribution in [0.3, 0.4) is 0 Å². The summed E-state index contributed by atoms with van der Waals surface area (Å²) in [6.07, 6.45) is 0. The molecule has 0 spiro atoms. The molecular formula is C9H8BrNO. The zero-order valence-corrected chi connectivity index (χ0v) is 8.04. The van der Waals surface area contributed by atoms with Crippen LogP contribution in [-0.2, 0) is 11.3 Å². The summed E-state index contributed by atoms with van der Waals surface area (Å²) in [4.78, 5) is 0. The number of halogens is 1. The maximum absolute atomic E-state index is 8.23. The van der Waals surface area contributed by atoms with E-state index < -0.39 is 0 Å². The Morgan fingerprint density at radius 1 is 1.42 bits per heavy atom. The number of benzene rings is 1. The Balaban J connectivity index is 2.53. The predicted octanol–water partition coefficient (Wildman–Crippen LogP) is 2.49. The van der Waals surface area contributed by atoms with Crippen LogP contribution in [0.15, 0.2) is 28.7 Å². The van der Waals surface area contributed by atoms with E-state index in [4.69, 9.17) is 10.00 Å². The number of nitriles is 1. The molecule has 0 saturated heterocycles. The third-order valence-electron chi connectivity index (χ3n) is 1.38. The molecule has 0 radical (unpaired) electrons. The Hall–Kier alpha value is -0.850. The average Bonchev–Trinajstić information content (AvgIpc) is 2.09. The summed E-state index contributed by atoms with van der Waals surface area (Å²) in [5, 5.41) is 8.23. The standard InChI is InChI=1S/C9H8BrNO/c10-9-4-2-1-3-8(9)7-12-6-5-11/h1-4H,6-7H2. The summed E-state index contributed by atoms with van der Waals surface area (Å²) in [5.41, 5.74) is 1.06. The van der Waals surface area contributed by atoms with Gasteiger partial charge in [0.1, 0.15) is 6.61 Å². The minimum absolute atomic E-state index is 0.140. The fourth-order valence-corrected chi connectivity index (χ4v) is 1.22. The average molecular weight is 226 g/mol. The lowest BCUT2D eigenvalue weighted by Gasteiger charge is -2.01. The lowest BCUT2D eigenvalue weighted by Crippen LogP contribution is -1.93. The molecule has 0 heterocycles. The highest BCUT2D eigenvalue weighted by molar-refractivity contribution is 9.10. The van der Waals surface area contributed by atoms with Gasteiger partial charge in [-0.2, -0.15) is 5.26 Å². The van der Waals surface area contributed by atoms with E-state index in [9.17, 15) is 0 Å². The molecule has 0 fully saturated rings. The molecule has 0 amide bonds. The lowest BCUT2D eigenvalue weighted by molar-refractivity contribution is 0.152. The third-order valence-corrected chi connectivity index (χ3v) is 2.16. The maximum Gasteiger partial charge on any atom is 0.134 e. The minimum Gasteiger partial charge on any atom is -0.362 e. The molecule has 1 aromatic rings. The molecule has 3 heteroatoms. The van der Waals surface area contributed by atoms with Gasteiger partial charge in [-0.05, 0) is 11.6 Å². The molecular weight excluding hydrogens is 218 g/mol. The second-order valence-corrected chi connectivity index (χ2v) is 3.10. The van der Waals surface area contributed by atoms with Crippen LogP contribution in [0.25, 0.3) is 0 Å². The molecule has 0 bridgehead atoms. The van der Waals surface area contributed by atoms with Crippen molar-refractivity contribution in [1.29, 1.82) is 5.26 Å². The van der Waals surface area contributed by atoms with Gasteiger partial charge in [-0.25, -0.2) is 0 Å². The second-order valence-electron chi connectivity index (χ2n) is 2.24. The summed E-state index contributed by atoms with van der Waals surface area (Å²) in [6.45, 7) is 0.621. The van der Waals surface area contributed by atoms with Crippen molar-refractivity contribution in [2.24, 2.45) is 0 Å². The molecule has 0 aromatic heterocycles. The van der Waals surface area contributed by atoms with Crippen LogP contribution in [0.2, 0.25) is 0 Å². The summed E-state index contributed by atoms with van der Waals surface area (Å²) >= 11 is 3.39. The first kappa shape index (κ1) is 9.24. The van der Waals surface area contributed by atoms with Crippen molar-refractivity contribution in [3.05, 3.63) is 34.3 Å². The molecule has 0 unspecified atom stereocenters. The lowest BCUT2D eigenvalue weighted by atomic mass is 10.2. The normalized spacial score (nSPS) is 9.33. The number of ether oxygens (including phenoxy) is 1. The van der Waals surface area contributed by atoms with Gasteiger partial charge in [0.2, 0.25) is 0 Å². The maximum atomic E-state index is 8.23. The monoisotopic (exact) mass is 225 g/mol. The first-order chi connectivity index (χ1) is 5.84. The summed E-state index contributed by atoms with van der Waals surface area (Å²) in [6, 6.07) is 9.71. The smallest absolute Gasteiger partial charge is 0.134 e. The Kier molecular flexibility index (Phi) is 3.78. The molecule has 12 heavy (non-hydrogen) atoms. The van der Waals surface area contributed by atoms with Crippen molar-refractivity contribution in [2.45, 2.75) is 6.61 Å². The van der Waals surface area contributed by atoms with E-state index in [0.29, 0.717) is 6.61 Å². The predicted molar refractivity (Wildman–Crippen MR) is 49.4 cm³/mol. The van der Waals surface area contributed by atoms with E-state index in [0.717, 1.165) is 10.0 Å².